The number of piperidine rings is 1. The van der Waals surface area contributed by atoms with Gasteiger partial charge in [0, 0.05) is 13.1 Å². The number of rotatable bonds is 4. The van der Waals surface area contributed by atoms with Crippen LogP contribution in [0.4, 0.5) is 11.4 Å². The Morgan fingerprint density at radius 2 is 2.05 bits per heavy atom. The molecular weight excluding hydrogens is 240 g/mol. The first-order chi connectivity index (χ1) is 9.03. The van der Waals surface area contributed by atoms with Crippen molar-refractivity contribution in [1.82, 2.24) is 0 Å². The fourth-order valence-corrected chi connectivity index (χ4v) is 2.38. The zero-order valence-electron chi connectivity index (χ0n) is 11.9. The van der Waals surface area contributed by atoms with E-state index in [1.54, 1.807) is 0 Å². The lowest BCUT2D eigenvalue weighted by Gasteiger charge is -2.37. The van der Waals surface area contributed by atoms with Crippen molar-refractivity contribution in [1.29, 1.82) is 0 Å². The fourth-order valence-electron chi connectivity index (χ4n) is 2.38. The Bertz CT molecular complexity index is 422. The summed E-state index contributed by atoms with van der Waals surface area (Å²) in [5.74, 6) is 0.761. The minimum Gasteiger partial charge on any atom is -0.491 e. The van der Waals surface area contributed by atoms with E-state index in [0.717, 1.165) is 43.8 Å². The molecule has 3 N–H and O–H groups in total. The van der Waals surface area contributed by atoms with Gasteiger partial charge in [0.1, 0.15) is 5.75 Å². The minimum absolute atomic E-state index is 0.540. The van der Waals surface area contributed by atoms with Crippen molar-refractivity contribution in [2.24, 2.45) is 0 Å². The third-order valence-corrected chi connectivity index (χ3v) is 3.69. The van der Waals surface area contributed by atoms with E-state index in [4.69, 9.17) is 10.5 Å². The average Bonchev–Trinajstić information content (AvgIpc) is 2.38. The molecule has 0 amide bonds. The molecule has 106 valence electrons. The summed E-state index contributed by atoms with van der Waals surface area (Å²) in [6.07, 6.45) is 2.51. The van der Waals surface area contributed by atoms with Gasteiger partial charge in [-0.3, -0.25) is 0 Å². The van der Waals surface area contributed by atoms with Crippen molar-refractivity contribution in [3.8, 4) is 5.75 Å². The van der Waals surface area contributed by atoms with Crippen LogP contribution in [0.15, 0.2) is 18.2 Å². The van der Waals surface area contributed by atoms with Crippen LogP contribution in [0.2, 0.25) is 0 Å². The monoisotopic (exact) mass is 264 g/mol. The van der Waals surface area contributed by atoms with Crippen LogP contribution in [0.3, 0.4) is 0 Å². The number of ether oxygens (including phenoxy) is 1. The van der Waals surface area contributed by atoms with Crippen LogP contribution in [-0.4, -0.2) is 30.4 Å². The molecule has 0 saturated carbocycles. The number of para-hydroxylation sites is 1. The highest BCUT2D eigenvalue weighted by Gasteiger charge is 2.28. The Labute approximate surface area is 115 Å². The smallest absolute Gasteiger partial charge is 0.144 e. The lowest BCUT2D eigenvalue weighted by atomic mass is 9.93. The Morgan fingerprint density at radius 1 is 1.37 bits per heavy atom. The number of aliphatic hydroxyl groups is 1. The Balaban J connectivity index is 2.12. The second kappa shape index (κ2) is 5.70. The summed E-state index contributed by atoms with van der Waals surface area (Å²) in [4.78, 5) is 2.23. The van der Waals surface area contributed by atoms with Crippen molar-refractivity contribution >= 4 is 11.4 Å². The third kappa shape index (κ3) is 3.32. The standard InChI is InChI=1S/C15H24N2O2/c1-3-11-19-13-6-4-5-12(14(13)16)17-9-7-15(2,18)8-10-17/h4-6,18H,3,7-11,16H2,1-2H3. The van der Waals surface area contributed by atoms with Gasteiger partial charge < -0.3 is 20.5 Å². The van der Waals surface area contributed by atoms with Crippen molar-refractivity contribution in [3.63, 3.8) is 0 Å². The predicted molar refractivity (Wildman–Crippen MR) is 78.7 cm³/mol. The van der Waals surface area contributed by atoms with Crippen LogP contribution < -0.4 is 15.4 Å². The lowest BCUT2D eigenvalue weighted by Crippen LogP contribution is -2.42. The first-order valence-electron chi connectivity index (χ1n) is 7.02. The Morgan fingerprint density at radius 3 is 2.68 bits per heavy atom. The van der Waals surface area contributed by atoms with Crippen LogP contribution in [0, 0.1) is 0 Å². The molecule has 1 aromatic carbocycles. The van der Waals surface area contributed by atoms with Gasteiger partial charge in [0.2, 0.25) is 0 Å². The molecule has 0 aromatic heterocycles. The summed E-state index contributed by atoms with van der Waals surface area (Å²) in [5.41, 5.74) is 7.38. The summed E-state index contributed by atoms with van der Waals surface area (Å²) in [6, 6.07) is 5.91. The van der Waals surface area contributed by atoms with E-state index in [9.17, 15) is 5.11 Å². The van der Waals surface area contributed by atoms with Gasteiger partial charge in [-0.2, -0.15) is 0 Å². The zero-order valence-corrected chi connectivity index (χ0v) is 11.9. The van der Waals surface area contributed by atoms with Gasteiger partial charge in [-0.25, -0.2) is 0 Å². The molecule has 0 spiro atoms. The molecule has 1 saturated heterocycles. The molecule has 0 radical (unpaired) electrons. The molecule has 2 rings (SSSR count). The predicted octanol–water partition coefficient (Wildman–Crippen LogP) is 2.41. The number of hydrogen-bond donors (Lipinski definition) is 2. The van der Waals surface area contributed by atoms with E-state index in [2.05, 4.69) is 11.8 Å². The highest BCUT2D eigenvalue weighted by Crippen LogP contribution is 2.35. The van der Waals surface area contributed by atoms with Gasteiger partial charge in [0.05, 0.1) is 23.6 Å². The van der Waals surface area contributed by atoms with E-state index in [1.807, 2.05) is 25.1 Å². The zero-order chi connectivity index (χ0) is 13.9. The van der Waals surface area contributed by atoms with Gasteiger partial charge in [-0.15, -0.1) is 0 Å². The molecule has 1 fully saturated rings. The third-order valence-electron chi connectivity index (χ3n) is 3.69. The first kappa shape index (κ1) is 14.0. The number of benzene rings is 1. The molecule has 0 unspecified atom stereocenters. The van der Waals surface area contributed by atoms with Crippen LogP contribution in [0.1, 0.15) is 33.1 Å². The van der Waals surface area contributed by atoms with Crippen LogP contribution in [-0.2, 0) is 0 Å². The van der Waals surface area contributed by atoms with Crippen molar-refractivity contribution in [3.05, 3.63) is 18.2 Å². The average molecular weight is 264 g/mol. The van der Waals surface area contributed by atoms with E-state index in [-0.39, 0.29) is 0 Å². The molecular formula is C15H24N2O2. The molecule has 1 heterocycles. The molecule has 0 bridgehead atoms. The van der Waals surface area contributed by atoms with E-state index < -0.39 is 5.60 Å². The summed E-state index contributed by atoms with van der Waals surface area (Å²) in [7, 11) is 0. The molecule has 19 heavy (non-hydrogen) atoms. The maximum atomic E-state index is 10.00. The Hall–Kier alpha value is -1.42. The lowest BCUT2D eigenvalue weighted by molar-refractivity contribution is 0.0351. The number of nitrogen functional groups attached to an aromatic ring is 1. The van der Waals surface area contributed by atoms with Gasteiger partial charge in [0.15, 0.2) is 0 Å². The van der Waals surface area contributed by atoms with Crippen molar-refractivity contribution < 1.29 is 9.84 Å². The molecule has 1 aliphatic rings. The summed E-state index contributed by atoms with van der Waals surface area (Å²) >= 11 is 0. The van der Waals surface area contributed by atoms with Gasteiger partial charge in [-0.05, 0) is 38.3 Å². The minimum atomic E-state index is -0.540. The largest absolute Gasteiger partial charge is 0.491 e. The van der Waals surface area contributed by atoms with Gasteiger partial charge in [0.25, 0.3) is 0 Å². The van der Waals surface area contributed by atoms with E-state index >= 15 is 0 Å². The van der Waals surface area contributed by atoms with E-state index in [1.165, 1.54) is 0 Å². The number of hydrogen-bond acceptors (Lipinski definition) is 4. The fraction of sp³-hybridized carbons (Fsp3) is 0.600. The number of nitrogens with two attached hydrogens (primary N) is 1. The molecule has 4 nitrogen and oxygen atoms in total. The van der Waals surface area contributed by atoms with Gasteiger partial charge in [-0.1, -0.05) is 13.0 Å². The molecule has 1 aromatic rings. The summed E-state index contributed by atoms with van der Waals surface area (Å²) < 4.78 is 5.66. The van der Waals surface area contributed by atoms with Crippen molar-refractivity contribution in [2.75, 3.05) is 30.3 Å². The normalized spacial score (nSPS) is 18.4. The number of anilines is 2. The Kier molecular flexibility index (Phi) is 4.20. The molecule has 0 atom stereocenters. The van der Waals surface area contributed by atoms with E-state index in [0.29, 0.717) is 12.3 Å². The first-order valence-corrected chi connectivity index (χ1v) is 7.02. The summed E-state index contributed by atoms with van der Waals surface area (Å²) in [6.45, 7) is 6.31. The highest BCUT2D eigenvalue weighted by molar-refractivity contribution is 5.74. The van der Waals surface area contributed by atoms with Gasteiger partial charge >= 0.3 is 0 Å². The summed E-state index contributed by atoms with van der Waals surface area (Å²) in [5, 5.41) is 10.00. The molecule has 0 aliphatic carbocycles. The van der Waals surface area contributed by atoms with Crippen LogP contribution in [0.5, 0.6) is 5.75 Å². The second-order valence-corrected chi connectivity index (χ2v) is 5.52. The highest BCUT2D eigenvalue weighted by atomic mass is 16.5. The maximum Gasteiger partial charge on any atom is 0.144 e. The quantitative estimate of drug-likeness (QED) is 0.820. The molecule has 1 aliphatic heterocycles. The maximum absolute atomic E-state index is 10.00. The SMILES string of the molecule is CCCOc1cccc(N2CCC(C)(O)CC2)c1N. The topological polar surface area (TPSA) is 58.7 Å². The van der Waals surface area contributed by atoms with Crippen LogP contribution in [0.25, 0.3) is 0 Å². The van der Waals surface area contributed by atoms with Crippen molar-refractivity contribution in [2.45, 2.75) is 38.7 Å². The number of nitrogens with zero attached hydrogens (tertiary/aromatic N) is 1. The molecule has 4 heteroatoms. The second-order valence-electron chi connectivity index (χ2n) is 5.52. The van der Waals surface area contributed by atoms with Crippen LogP contribution >= 0.6 is 0 Å².